The first-order chi connectivity index (χ1) is 7.45. The summed E-state index contributed by atoms with van der Waals surface area (Å²) in [5.74, 6) is -0.992. The third-order valence-corrected chi connectivity index (χ3v) is 2.64. The summed E-state index contributed by atoms with van der Waals surface area (Å²) in [6, 6.07) is 3.76. The minimum absolute atomic E-state index is 0.158. The molecular formula is C12H18N2O2. The number of nitrogens with one attached hydrogen (secondary N) is 1. The van der Waals surface area contributed by atoms with Crippen LogP contribution in [0.25, 0.3) is 0 Å². The molecule has 1 aromatic rings. The predicted molar refractivity (Wildman–Crippen MR) is 65.9 cm³/mol. The van der Waals surface area contributed by atoms with Crippen LogP contribution in [0.15, 0.2) is 12.1 Å². The second-order valence-corrected chi connectivity index (χ2v) is 4.01. The molecule has 1 atom stereocenters. The Balaban J connectivity index is 3.09. The average molecular weight is 222 g/mol. The Morgan fingerprint density at radius 2 is 2.19 bits per heavy atom. The van der Waals surface area contributed by atoms with Gasteiger partial charge >= 0.3 is 5.97 Å². The second kappa shape index (κ2) is 4.88. The largest absolute Gasteiger partial charge is 0.478 e. The average Bonchev–Trinajstić information content (AvgIpc) is 2.22. The monoisotopic (exact) mass is 222 g/mol. The molecule has 16 heavy (non-hydrogen) atoms. The Hall–Kier alpha value is -1.71. The van der Waals surface area contributed by atoms with Gasteiger partial charge in [-0.1, -0.05) is 6.92 Å². The first-order valence-corrected chi connectivity index (χ1v) is 5.35. The van der Waals surface area contributed by atoms with E-state index in [9.17, 15) is 4.79 Å². The third kappa shape index (κ3) is 2.66. The fraction of sp³-hybridized carbons (Fsp3) is 0.417. The quantitative estimate of drug-likeness (QED) is 0.684. The van der Waals surface area contributed by atoms with Gasteiger partial charge in [-0.3, -0.25) is 0 Å². The molecule has 0 saturated carbocycles. The van der Waals surface area contributed by atoms with Crippen molar-refractivity contribution in [1.29, 1.82) is 0 Å². The summed E-state index contributed by atoms with van der Waals surface area (Å²) in [7, 11) is 0. The first-order valence-electron chi connectivity index (χ1n) is 5.35. The molecule has 4 N–H and O–H groups in total. The van der Waals surface area contributed by atoms with Gasteiger partial charge in [0.2, 0.25) is 0 Å². The Morgan fingerprint density at radius 3 is 2.69 bits per heavy atom. The number of carboxylic acid groups (broad SMARTS) is 1. The number of benzene rings is 1. The van der Waals surface area contributed by atoms with E-state index >= 15 is 0 Å². The lowest BCUT2D eigenvalue weighted by Gasteiger charge is -2.15. The fourth-order valence-corrected chi connectivity index (χ4v) is 1.45. The summed E-state index contributed by atoms with van der Waals surface area (Å²) in [5, 5.41) is 12.2. The molecule has 0 heterocycles. The van der Waals surface area contributed by atoms with Crippen LogP contribution in [0.1, 0.15) is 36.2 Å². The predicted octanol–water partition coefficient (Wildman–Crippen LogP) is 2.49. The summed E-state index contributed by atoms with van der Waals surface area (Å²) < 4.78 is 0. The minimum atomic E-state index is -0.992. The number of hydrogen-bond donors (Lipinski definition) is 3. The van der Waals surface area contributed by atoms with Gasteiger partial charge in [-0.15, -0.1) is 0 Å². The number of nitrogens with two attached hydrogens (primary N) is 1. The molecule has 0 spiro atoms. The van der Waals surface area contributed by atoms with Crippen molar-refractivity contribution in [2.45, 2.75) is 33.2 Å². The topological polar surface area (TPSA) is 75.3 Å². The Labute approximate surface area is 95.5 Å². The lowest BCUT2D eigenvalue weighted by Crippen LogP contribution is -2.14. The Bertz CT molecular complexity index is 402. The van der Waals surface area contributed by atoms with Crippen LogP contribution in [-0.2, 0) is 0 Å². The highest BCUT2D eigenvalue weighted by molar-refractivity contribution is 5.95. The molecule has 1 aromatic carbocycles. The molecule has 0 aromatic heterocycles. The number of carboxylic acids is 1. The van der Waals surface area contributed by atoms with Crippen LogP contribution in [0, 0.1) is 6.92 Å². The number of anilines is 2. The van der Waals surface area contributed by atoms with Crippen molar-refractivity contribution >= 4 is 17.3 Å². The minimum Gasteiger partial charge on any atom is -0.478 e. The van der Waals surface area contributed by atoms with Crippen LogP contribution in [0.4, 0.5) is 11.4 Å². The van der Waals surface area contributed by atoms with Gasteiger partial charge in [0.1, 0.15) is 0 Å². The number of hydrogen-bond acceptors (Lipinski definition) is 3. The Morgan fingerprint density at radius 1 is 1.56 bits per heavy atom. The van der Waals surface area contributed by atoms with E-state index in [0.717, 1.165) is 17.7 Å². The van der Waals surface area contributed by atoms with Gasteiger partial charge < -0.3 is 16.2 Å². The summed E-state index contributed by atoms with van der Waals surface area (Å²) >= 11 is 0. The van der Waals surface area contributed by atoms with Gasteiger partial charge in [0.15, 0.2) is 0 Å². The summed E-state index contributed by atoms with van der Waals surface area (Å²) in [5.41, 5.74) is 7.79. The Kier molecular flexibility index (Phi) is 3.77. The van der Waals surface area contributed by atoms with Gasteiger partial charge in [0.05, 0.1) is 5.56 Å². The highest BCUT2D eigenvalue weighted by Crippen LogP contribution is 2.23. The molecular weight excluding hydrogens is 204 g/mol. The smallest absolute Gasteiger partial charge is 0.337 e. The standard InChI is InChI=1S/C12H18N2O2/c1-4-8(3)14-9-5-7(2)11(13)10(6-9)12(15)16/h5-6,8,14H,4,13H2,1-3H3,(H,15,16). The number of nitrogen functional groups attached to an aromatic ring is 1. The van der Waals surface area contributed by atoms with E-state index in [2.05, 4.69) is 12.2 Å². The zero-order valence-corrected chi connectivity index (χ0v) is 9.87. The van der Waals surface area contributed by atoms with E-state index in [1.807, 2.05) is 19.9 Å². The fourth-order valence-electron chi connectivity index (χ4n) is 1.45. The molecule has 0 radical (unpaired) electrons. The zero-order chi connectivity index (χ0) is 12.3. The van der Waals surface area contributed by atoms with Crippen molar-refractivity contribution < 1.29 is 9.90 Å². The van der Waals surface area contributed by atoms with Crippen LogP contribution in [-0.4, -0.2) is 17.1 Å². The zero-order valence-electron chi connectivity index (χ0n) is 9.87. The number of aromatic carboxylic acids is 1. The van der Waals surface area contributed by atoms with Crippen molar-refractivity contribution in [3.05, 3.63) is 23.3 Å². The van der Waals surface area contributed by atoms with E-state index in [4.69, 9.17) is 10.8 Å². The molecule has 0 saturated heterocycles. The molecule has 0 bridgehead atoms. The summed E-state index contributed by atoms with van der Waals surface area (Å²) in [6.07, 6.45) is 0.978. The molecule has 88 valence electrons. The van der Waals surface area contributed by atoms with Gasteiger partial charge in [0.25, 0.3) is 0 Å². The van der Waals surface area contributed by atoms with E-state index in [1.54, 1.807) is 6.07 Å². The van der Waals surface area contributed by atoms with Gasteiger partial charge in [-0.25, -0.2) is 4.79 Å². The van der Waals surface area contributed by atoms with Crippen LogP contribution in [0.3, 0.4) is 0 Å². The van der Waals surface area contributed by atoms with Crippen molar-refractivity contribution in [3.8, 4) is 0 Å². The number of carbonyl (C=O) groups is 1. The maximum absolute atomic E-state index is 11.0. The van der Waals surface area contributed by atoms with Crippen LogP contribution in [0.5, 0.6) is 0 Å². The van der Waals surface area contributed by atoms with Gasteiger partial charge in [-0.05, 0) is 38.0 Å². The van der Waals surface area contributed by atoms with Crippen LogP contribution >= 0.6 is 0 Å². The maximum Gasteiger partial charge on any atom is 0.337 e. The molecule has 0 aliphatic heterocycles. The van der Waals surface area contributed by atoms with Gasteiger partial charge in [0, 0.05) is 17.4 Å². The van der Waals surface area contributed by atoms with Gasteiger partial charge in [-0.2, -0.15) is 0 Å². The number of rotatable bonds is 4. The third-order valence-electron chi connectivity index (χ3n) is 2.64. The van der Waals surface area contributed by atoms with E-state index in [1.165, 1.54) is 0 Å². The SMILES string of the molecule is CCC(C)Nc1cc(C)c(N)c(C(=O)O)c1. The normalized spacial score (nSPS) is 12.2. The molecule has 4 nitrogen and oxygen atoms in total. The molecule has 4 heteroatoms. The van der Waals surface area contributed by atoms with Crippen molar-refractivity contribution in [2.24, 2.45) is 0 Å². The van der Waals surface area contributed by atoms with Crippen LogP contribution in [0.2, 0.25) is 0 Å². The lowest BCUT2D eigenvalue weighted by atomic mass is 10.1. The molecule has 0 aliphatic carbocycles. The molecule has 0 aliphatic rings. The lowest BCUT2D eigenvalue weighted by molar-refractivity contribution is 0.0698. The molecule has 1 unspecified atom stereocenters. The molecule has 1 rings (SSSR count). The van der Waals surface area contributed by atoms with Crippen molar-refractivity contribution in [1.82, 2.24) is 0 Å². The van der Waals surface area contributed by atoms with Crippen LogP contribution < -0.4 is 11.1 Å². The first kappa shape index (κ1) is 12.4. The van der Waals surface area contributed by atoms with E-state index < -0.39 is 5.97 Å². The summed E-state index contributed by atoms with van der Waals surface area (Å²) in [4.78, 5) is 11.0. The molecule has 0 fully saturated rings. The highest BCUT2D eigenvalue weighted by atomic mass is 16.4. The summed E-state index contributed by atoms with van der Waals surface area (Å²) in [6.45, 7) is 5.93. The van der Waals surface area contributed by atoms with E-state index in [0.29, 0.717) is 11.7 Å². The van der Waals surface area contributed by atoms with Crippen molar-refractivity contribution in [2.75, 3.05) is 11.1 Å². The second-order valence-electron chi connectivity index (χ2n) is 4.01. The molecule has 0 amide bonds. The van der Waals surface area contributed by atoms with Crippen molar-refractivity contribution in [3.63, 3.8) is 0 Å². The highest BCUT2D eigenvalue weighted by Gasteiger charge is 2.12. The van der Waals surface area contributed by atoms with E-state index in [-0.39, 0.29) is 5.56 Å². The maximum atomic E-state index is 11.0. The number of aryl methyl sites for hydroxylation is 1.